The standard InChI is InChI=1S/C17H21NO/c1-18(13-16-10-6-3-7-11-16)17(14-19)12-15-8-4-2-5-9-15/h2-11,17,19H,12-14H2,1H3. The van der Waals surface area contributed by atoms with E-state index in [1.807, 2.05) is 36.4 Å². The van der Waals surface area contributed by atoms with Gasteiger partial charge in [0.1, 0.15) is 0 Å². The number of rotatable bonds is 6. The summed E-state index contributed by atoms with van der Waals surface area (Å²) in [6.45, 7) is 1.04. The second-order valence-corrected chi connectivity index (χ2v) is 4.93. The average molecular weight is 255 g/mol. The third-order valence-corrected chi connectivity index (χ3v) is 3.42. The first-order valence-corrected chi connectivity index (χ1v) is 6.68. The van der Waals surface area contributed by atoms with E-state index in [1.54, 1.807) is 0 Å². The van der Waals surface area contributed by atoms with Crippen LogP contribution in [-0.4, -0.2) is 29.7 Å². The molecule has 2 aromatic carbocycles. The molecular formula is C17H21NO. The topological polar surface area (TPSA) is 23.5 Å². The molecule has 1 unspecified atom stereocenters. The minimum absolute atomic E-state index is 0.155. The molecule has 0 fully saturated rings. The van der Waals surface area contributed by atoms with Gasteiger partial charge in [0.05, 0.1) is 6.61 Å². The van der Waals surface area contributed by atoms with Crippen molar-refractivity contribution in [3.05, 3.63) is 71.8 Å². The van der Waals surface area contributed by atoms with Gasteiger partial charge in [-0.05, 0) is 24.6 Å². The largest absolute Gasteiger partial charge is 0.395 e. The maximum Gasteiger partial charge on any atom is 0.0590 e. The van der Waals surface area contributed by atoms with Crippen LogP contribution in [-0.2, 0) is 13.0 Å². The van der Waals surface area contributed by atoms with Crippen molar-refractivity contribution >= 4 is 0 Å². The first-order valence-electron chi connectivity index (χ1n) is 6.68. The van der Waals surface area contributed by atoms with Gasteiger partial charge in [-0.25, -0.2) is 0 Å². The second kappa shape index (κ2) is 7.07. The van der Waals surface area contributed by atoms with Crippen LogP contribution in [0.2, 0.25) is 0 Å². The molecule has 0 aromatic heterocycles. The monoisotopic (exact) mass is 255 g/mol. The Hall–Kier alpha value is -1.64. The Morgan fingerprint density at radius 2 is 1.42 bits per heavy atom. The summed E-state index contributed by atoms with van der Waals surface area (Å²) in [5.74, 6) is 0. The van der Waals surface area contributed by atoms with Gasteiger partial charge >= 0.3 is 0 Å². The normalized spacial score (nSPS) is 12.6. The van der Waals surface area contributed by atoms with Gasteiger partial charge in [-0.3, -0.25) is 4.90 Å². The van der Waals surface area contributed by atoms with Crippen LogP contribution in [0.15, 0.2) is 60.7 Å². The first-order chi connectivity index (χ1) is 9.29. The van der Waals surface area contributed by atoms with Crippen LogP contribution >= 0.6 is 0 Å². The maximum absolute atomic E-state index is 9.59. The summed E-state index contributed by atoms with van der Waals surface area (Å²) >= 11 is 0. The highest BCUT2D eigenvalue weighted by molar-refractivity contribution is 5.17. The van der Waals surface area contributed by atoms with Gasteiger partial charge in [0.25, 0.3) is 0 Å². The SMILES string of the molecule is CN(Cc1ccccc1)C(CO)Cc1ccccc1. The van der Waals surface area contributed by atoms with E-state index in [2.05, 4.69) is 36.2 Å². The molecule has 2 rings (SSSR count). The summed E-state index contributed by atoms with van der Waals surface area (Å²) < 4.78 is 0. The summed E-state index contributed by atoms with van der Waals surface area (Å²) in [6.07, 6.45) is 0.876. The lowest BCUT2D eigenvalue weighted by Crippen LogP contribution is -2.36. The van der Waals surface area contributed by atoms with Crippen molar-refractivity contribution in [2.45, 2.75) is 19.0 Å². The molecule has 0 bridgehead atoms. The van der Waals surface area contributed by atoms with E-state index in [0.29, 0.717) is 0 Å². The maximum atomic E-state index is 9.59. The van der Waals surface area contributed by atoms with Gasteiger partial charge in [0.2, 0.25) is 0 Å². The predicted molar refractivity (Wildman–Crippen MR) is 78.9 cm³/mol. The summed E-state index contributed by atoms with van der Waals surface area (Å²) in [7, 11) is 2.07. The van der Waals surface area contributed by atoms with E-state index in [0.717, 1.165) is 13.0 Å². The Balaban J connectivity index is 1.97. The van der Waals surface area contributed by atoms with E-state index in [1.165, 1.54) is 11.1 Å². The van der Waals surface area contributed by atoms with Crippen molar-refractivity contribution in [2.24, 2.45) is 0 Å². The number of aliphatic hydroxyl groups is 1. The molecule has 2 aromatic rings. The molecule has 0 amide bonds. The van der Waals surface area contributed by atoms with E-state index in [4.69, 9.17) is 0 Å². The number of benzene rings is 2. The number of aliphatic hydroxyl groups excluding tert-OH is 1. The van der Waals surface area contributed by atoms with Crippen molar-refractivity contribution in [3.63, 3.8) is 0 Å². The van der Waals surface area contributed by atoms with Crippen molar-refractivity contribution in [1.29, 1.82) is 0 Å². The molecule has 0 saturated carbocycles. The van der Waals surface area contributed by atoms with Crippen molar-refractivity contribution in [3.8, 4) is 0 Å². The lowest BCUT2D eigenvalue weighted by atomic mass is 10.0. The Bertz CT molecular complexity index is 469. The molecule has 0 aliphatic heterocycles. The third-order valence-electron chi connectivity index (χ3n) is 3.42. The zero-order valence-corrected chi connectivity index (χ0v) is 11.4. The van der Waals surface area contributed by atoms with Crippen molar-refractivity contribution in [2.75, 3.05) is 13.7 Å². The van der Waals surface area contributed by atoms with Gasteiger partial charge < -0.3 is 5.11 Å². The third kappa shape index (κ3) is 4.19. The van der Waals surface area contributed by atoms with Crippen LogP contribution < -0.4 is 0 Å². The van der Waals surface area contributed by atoms with Crippen LogP contribution in [0, 0.1) is 0 Å². The van der Waals surface area contributed by atoms with E-state index >= 15 is 0 Å². The minimum Gasteiger partial charge on any atom is -0.395 e. The average Bonchev–Trinajstić information content (AvgIpc) is 2.47. The summed E-state index contributed by atoms with van der Waals surface area (Å²) in [5.41, 5.74) is 2.54. The molecule has 0 aliphatic carbocycles. The highest BCUT2D eigenvalue weighted by Crippen LogP contribution is 2.11. The molecule has 0 aliphatic rings. The number of hydrogen-bond acceptors (Lipinski definition) is 2. The lowest BCUT2D eigenvalue weighted by Gasteiger charge is -2.26. The summed E-state index contributed by atoms with van der Waals surface area (Å²) in [4.78, 5) is 2.21. The molecule has 1 atom stereocenters. The quantitative estimate of drug-likeness (QED) is 0.858. The highest BCUT2D eigenvalue weighted by atomic mass is 16.3. The zero-order valence-electron chi connectivity index (χ0n) is 11.4. The molecule has 19 heavy (non-hydrogen) atoms. The molecule has 1 N–H and O–H groups in total. The van der Waals surface area contributed by atoms with E-state index in [9.17, 15) is 5.11 Å². The Kier molecular flexibility index (Phi) is 5.13. The van der Waals surface area contributed by atoms with E-state index in [-0.39, 0.29) is 12.6 Å². The number of nitrogens with zero attached hydrogens (tertiary/aromatic N) is 1. The fraction of sp³-hybridized carbons (Fsp3) is 0.294. The first kappa shape index (κ1) is 13.8. The summed E-state index contributed by atoms with van der Waals surface area (Å²) in [6, 6.07) is 20.8. The van der Waals surface area contributed by atoms with Gasteiger partial charge in [-0.15, -0.1) is 0 Å². The fourth-order valence-electron chi connectivity index (χ4n) is 2.25. The van der Waals surface area contributed by atoms with Crippen LogP contribution in [0.4, 0.5) is 0 Å². The molecule has 0 radical (unpaired) electrons. The molecule has 0 saturated heterocycles. The van der Waals surface area contributed by atoms with E-state index < -0.39 is 0 Å². The zero-order chi connectivity index (χ0) is 13.5. The number of likely N-dealkylation sites (N-methyl/N-ethyl adjacent to an activating group) is 1. The Morgan fingerprint density at radius 3 is 1.95 bits per heavy atom. The Morgan fingerprint density at radius 1 is 0.895 bits per heavy atom. The van der Waals surface area contributed by atoms with Crippen LogP contribution in [0.3, 0.4) is 0 Å². The van der Waals surface area contributed by atoms with Gasteiger partial charge in [-0.2, -0.15) is 0 Å². The molecule has 0 spiro atoms. The summed E-state index contributed by atoms with van der Waals surface area (Å²) in [5, 5.41) is 9.59. The minimum atomic E-state index is 0.155. The molecule has 0 heterocycles. The Labute approximate surface area is 115 Å². The highest BCUT2D eigenvalue weighted by Gasteiger charge is 2.14. The second-order valence-electron chi connectivity index (χ2n) is 4.93. The smallest absolute Gasteiger partial charge is 0.0590 e. The van der Waals surface area contributed by atoms with Gasteiger partial charge in [0.15, 0.2) is 0 Å². The van der Waals surface area contributed by atoms with Gasteiger partial charge in [0, 0.05) is 12.6 Å². The molecule has 2 heteroatoms. The van der Waals surface area contributed by atoms with Crippen LogP contribution in [0.1, 0.15) is 11.1 Å². The lowest BCUT2D eigenvalue weighted by molar-refractivity contribution is 0.141. The van der Waals surface area contributed by atoms with Crippen molar-refractivity contribution < 1.29 is 5.11 Å². The fourth-order valence-corrected chi connectivity index (χ4v) is 2.25. The molecular weight excluding hydrogens is 234 g/mol. The molecule has 2 nitrogen and oxygen atoms in total. The van der Waals surface area contributed by atoms with Crippen LogP contribution in [0.25, 0.3) is 0 Å². The number of hydrogen-bond donors (Lipinski definition) is 1. The van der Waals surface area contributed by atoms with Gasteiger partial charge in [-0.1, -0.05) is 60.7 Å². The predicted octanol–water partition coefficient (Wildman–Crippen LogP) is 2.72. The molecule has 100 valence electrons. The van der Waals surface area contributed by atoms with Crippen molar-refractivity contribution in [1.82, 2.24) is 4.90 Å². The van der Waals surface area contributed by atoms with Crippen LogP contribution in [0.5, 0.6) is 0 Å².